The number of nitrogens with two attached hydrogens (primary N) is 2. The molecular weight excluding hydrogens is 262 g/mol. The Bertz CT molecular complexity index is 485. The predicted octanol–water partition coefficient (Wildman–Crippen LogP) is -0.411. The Balaban J connectivity index is 1.99. The molecule has 4 N–H and O–H groups in total. The number of pyridine rings is 1. The molecule has 0 atom stereocenters. The third-order valence-corrected chi connectivity index (χ3v) is 3.24. The van der Waals surface area contributed by atoms with Crippen molar-refractivity contribution in [2.75, 3.05) is 37.6 Å². The molecule has 6 nitrogen and oxygen atoms in total. The zero-order chi connectivity index (χ0) is 13.8. The van der Waals surface area contributed by atoms with Crippen molar-refractivity contribution in [3.05, 3.63) is 24.0 Å². The Morgan fingerprint density at radius 2 is 2.00 bits per heavy atom. The molecule has 0 unspecified atom stereocenters. The number of nitrogens with zero attached hydrogens (tertiary/aromatic N) is 3. The minimum Gasteiger partial charge on any atom is -0.392 e. The highest BCUT2D eigenvalue weighted by atomic mass is 32.1. The number of anilines is 1. The zero-order valence-electron chi connectivity index (χ0n) is 10.6. The second-order valence-corrected chi connectivity index (χ2v) is 5.02. The Morgan fingerprint density at radius 3 is 2.58 bits per heavy atom. The molecule has 1 saturated heterocycles. The number of primary amides is 1. The van der Waals surface area contributed by atoms with Crippen LogP contribution in [-0.4, -0.2) is 53.5 Å². The van der Waals surface area contributed by atoms with Crippen molar-refractivity contribution >= 4 is 28.8 Å². The van der Waals surface area contributed by atoms with Crippen LogP contribution in [0.3, 0.4) is 0 Å². The summed E-state index contributed by atoms with van der Waals surface area (Å²) < 4.78 is 0. The van der Waals surface area contributed by atoms with E-state index in [4.69, 9.17) is 23.7 Å². The van der Waals surface area contributed by atoms with Gasteiger partial charge in [0.1, 0.15) is 5.69 Å². The Morgan fingerprint density at radius 1 is 1.32 bits per heavy atom. The van der Waals surface area contributed by atoms with Gasteiger partial charge in [-0.1, -0.05) is 12.2 Å². The summed E-state index contributed by atoms with van der Waals surface area (Å²) in [5, 5.41) is 0. The maximum Gasteiger partial charge on any atom is 0.267 e. The summed E-state index contributed by atoms with van der Waals surface area (Å²) in [5.41, 5.74) is 12.0. The number of thiocarbonyl (C=S) groups is 1. The molecule has 1 amide bonds. The van der Waals surface area contributed by atoms with Gasteiger partial charge in [-0.25, -0.2) is 0 Å². The van der Waals surface area contributed by atoms with Crippen LogP contribution in [0, 0.1) is 0 Å². The number of piperazine rings is 1. The molecule has 0 saturated carbocycles. The first-order valence-corrected chi connectivity index (χ1v) is 6.48. The van der Waals surface area contributed by atoms with Crippen molar-refractivity contribution in [1.29, 1.82) is 0 Å². The first-order chi connectivity index (χ1) is 9.06. The second kappa shape index (κ2) is 5.94. The number of carbonyl (C=O) groups is 1. The topological polar surface area (TPSA) is 88.5 Å². The molecule has 0 radical (unpaired) electrons. The average molecular weight is 279 g/mol. The molecule has 7 heteroatoms. The van der Waals surface area contributed by atoms with Crippen molar-refractivity contribution in [1.82, 2.24) is 9.88 Å². The van der Waals surface area contributed by atoms with Crippen molar-refractivity contribution in [3.8, 4) is 0 Å². The number of aromatic nitrogens is 1. The Labute approximate surface area is 117 Å². The largest absolute Gasteiger partial charge is 0.392 e. The highest BCUT2D eigenvalue weighted by Crippen LogP contribution is 2.16. The quantitative estimate of drug-likeness (QED) is 0.728. The molecule has 1 fully saturated rings. The summed E-state index contributed by atoms with van der Waals surface area (Å²) in [4.78, 5) is 20.0. The van der Waals surface area contributed by atoms with Gasteiger partial charge in [0, 0.05) is 44.6 Å². The first-order valence-electron chi connectivity index (χ1n) is 6.08. The van der Waals surface area contributed by atoms with Gasteiger partial charge in [0.15, 0.2) is 0 Å². The van der Waals surface area contributed by atoms with Crippen LogP contribution in [-0.2, 0) is 0 Å². The summed E-state index contributed by atoms with van der Waals surface area (Å²) in [6, 6.07) is 3.61. The van der Waals surface area contributed by atoms with E-state index in [2.05, 4.69) is 14.8 Å². The molecule has 0 spiro atoms. The van der Waals surface area contributed by atoms with Crippen LogP contribution in [0.4, 0.5) is 5.69 Å². The lowest BCUT2D eigenvalue weighted by Gasteiger charge is -2.35. The minimum atomic E-state index is -0.506. The second-order valence-electron chi connectivity index (χ2n) is 4.49. The molecule has 0 aliphatic carbocycles. The standard InChI is InChI=1S/C12H17N5OS/c13-11(19)8-16-3-5-17(6-4-16)9-1-2-15-10(7-9)12(14)18/h1-2,7H,3-6,8H2,(H2,13,19)(H2,14,18). The van der Waals surface area contributed by atoms with Crippen LogP contribution in [0.25, 0.3) is 0 Å². The highest BCUT2D eigenvalue weighted by molar-refractivity contribution is 7.80. The summed E-state index contributed by atoms with van der Waals surface area (Å²) in [7, 11) is 0. The summed E-state index contributed by atoms with van der Waals surface area (Å²) in [6.45, 7) is 4.18. The molecule has 1 aliphatic heterocycles. The molecule has 1 aliphatic rings. The Hall–Kier alpha value is -1.73. The number of hydrogen-bond donors (Lipinski definition) is 2. The van der Waals surface area contributed by atoms with Gasteiger partial charge >= 0.3 is 0 Å². The lowest BCUT2D eigenvalue weighted by atomic mass is 10.2. The highest BCUT2D eigenvalue weighted by Gasteiger charge is 2.18. The molecule has 0 aromatic carbocycles. The van der Waals surface area contributed by atoms with Crippen LogP contribution >= 0.6 is 12.2 Å². The van der Waals surface area contributed by atoms with Crippen LogP contribution in [0.2, 0.25) is 0 Å². The van der Waals surface area contributed by atoms with Crippen LogP contribution < -0.4 is 16.4 Å². The third kappa shape index (κ3) is 3.62. The minimum absolute atomic E-state index is 0.295. The summed E-state index contributed by atoms with van der Waals surface area (Å²) in [6.07, 6.45) is 1.61. The fourth-order valence-corrected chi connectivity index (χ4v) is 2.32. The molecule has 1 aromatic heterocycles. The summed E-state index contributed by atoms with van der Waals surface area (Å²) in [5.74, 6) is -0.506. The van der Waals surface area contributed by atoms with Gasteiger partial charge < -0.3 is 16.4 Å². The maximum atomic E-state index is 11.1. The van der Waals surface area contributed by atoms with E-state index in [9.17, 15) is 4.79 Å². The van der Waals surface area contributed by atoms with Gasteiger partial charge in [-0.2, -0.15) is 0 Å². The number of carbonyl (C=O) groups excluding carboxylic acids is 1. The molecule has 2 rings (SSSR count). The van der Waals surface area contributed by atoms with Gasteiger partial charge in [0.05, 0.1) is 4.99 Å². The van der Waals surface area contributed by atoms with E-state index < -0.39 is 5.91 Å². The number of amides is 1. The monoisotopic (exact) mass is 279 g/mol. The van der Waals surface area contributed by atoms with Gasteiger partial charge in [-0.3, -0.25) is 14.7 Å². The lowest BCUT2D eigenvalue weighted by Crippen LogP contribution is -2.48. The normalized spacial score (nSPS) is 16.3. The number of hydrogen-bond acceptors (Lipinski definition) is 5. The lowest BCUT2D eigenvalue weighted by molar-refractivity contribution is 0.0995. The van der Waals surface area contributed by atoms with Crippen LogP contribution in [0.15, 0.2) is 18.3 Å². The van der Waals surface area contributed by atoms with Crippen molar-refractivity contribution in [2.45, 2.75) is 0 Å². The smallest absolute Gasteiger partial charge is 0.267 e. The average Bonchev–Trinajstić information content (AvgIpc) is 2.39. The van der Waals surface area contributed by atoms with Crippen molar-refractivity contribution in [3.63, 3.8) is 0 Å². The van der Waals surface area contributed by atoms with E-state index in [1.165, 1.54) is 0 Å². The molecule has 1 aromatic rings. The van der Waals surface area contributed by atoms with Gasteiger partial charge in [-0.05, 0) is 12.1 Å². The van der Waals surface area contributed by atoms with E-state index in [1.807, 2.05) is 6.07 Å². The van der Waals surface area contributed by atoms with Crippen molar-refractivity contribution in [2.24, 2.45) is 11.5 Å². The SMILES string of the molecule is NC(=O)c1cc(N2CCN(CC(N)=S)CC2)ccn1. The molecule has 102 valence electrons. The zero-order valence-corrected chi connectivity index (χ0v) is 11.4. The molecular formula is C12H17N5OS. The third-order valence-electron chi connectivity index (χ3n) is 3.11. The fraction of sp³-hybridized carbons (Fsp3) is 0.417. The van der Waals surface area contributed by atoms with E-state index in [0.717, 1.165) is 31.9 Å². The van der Waals surface area contributed by atoms with Gasteiger partial charge in [0.25, 0.3) is 5.91 Å². The maximum absolute atomic E-state index is 11.1. The van der Waals surface area contributed by atoms with E-state index in [1.54, 1.807) is 12.3 Å². The summed E-state index contributed by atoms with van der Waals surface area (Å²) >= 11 is 4.91. The van der Waals surface area contributed by atoms with Crippen LogP contribution in [0.1, 0.15) is 10.5 Å². The molecule has 0 bridgehead atoms. The molecule has 19 heavy (non-hydrogen) atoms. The van der Waals surface area contributed by atoms with E-state index in [-0.39, 0.29) is 0 Å². The number of rotatable bonds is 4. The molecule has 2 heterocycles. The van der Waals surface area contributed by atoms with Crippen molar-refractivity contribution < 1.29 is 4.79 Å². The first kappa shape index (κ1) is 13.7. The van der Waals surface area contributed by atoms with E-state index in [0.29, 0.717) is 17.2 Å². The van der Waals surface area contributed by atoms with Gasteiger partial charge in [0.2, 0.25) is 0 Å². The van der Waals surface area contributed by atoms with Gasteiger partial charge in [-0.15, -0.1) is 0 Å². The Kier molecular flexibility index (Phi) is 4.28. The van der Waals surface area contributed by atoms with E-state index >= 15 is 0 Å². The van der Waals surface area contributed by atoms with Crippen LogP contribution in [0.5, 0.6) is 0 Å². The predicted molar refractivity (Wildman–Crippen MR) is 78.2 cm³/mol. The fourth-order valence-electron chi connectivity index (χ4n) is 2.14.